The molecule has 1 saturated heterocycles. The Morgan fingerprint density at radius 2 is 2.19 bits per heavy atom. The van der Waals surface area contributed by atoms with Crippen molar-refractivity contribution in [2.24, 2.45) is 5.92 Å². The average Bonchev–Trinajstić information content (AvgIpc) is 2.52. The molecule has 1 aromatic rings. The highest BCUT2D eigenvalue weighted by Gasteiger charge is 2.20. The summed E-state index contributed by atoms with van der Waals surface area (Å²) >= 11 is 0. The van der Waals surface area contributed by atoms with E-state index in [-0.39, 0.29) is 5.56 Å². The molecule has 116 valence electrons. The fourth-order valence-corrected chi connectivity index (χ4v) is 2.61. The first kappa shape index (κ1) is 15.9. The summed E-state index contributed by atoms with van der Waals surface area (Å²) in [6.07, 6.45) is 2.12. The number of hydrogen-bond acceptors (Lipinski definition) is 4. The molecule has 0 saturated carbocycles. The van der Waals surface area contributed by atoms with Crippen molar-refractivity contribution >= 4 is 5.97 Å². The van der Waals surface area contributed by atoms with E-state index in [9.17, 15) is 9.18 Å². The molecule has 0 radical (unpaired) electrons. The van der Waals surface area contributed by atoms with Crippen LogP contribution < -0.4 is 5.32 Å². The molecule has 4 nitrogen and oxygen atoms in total. The van der Waals surface area contributed by atoms with Crippen LogP contribution in [0.3, 0.4) is 0 Å². The van der Waals surface area contributed by atoms with Crippen LogP contribution in [0.4, 0.5) is 4.39 Å². The summed E-state index contributed by atoms with van der Waals surface area (Å²) in [5, 5.41) is 3.42. The van der Waals surface area contributed by atoms with Crippen LogP contribution in [0, 0.1) is 11.7 Å². The number of carbonyl (C=O) groups is 1. The largest absolute Gasteiger partial charge is 0.465 e. The first-order valence-corrected chi connectivity index (χ1v) is 7.29. The summed E-state index contributed by atoms with van der Waals surface area (Å²) < 4.78 is 23.7. The van der Waals surface area contributed by atoms with Gasteiger partial charge in [0.25, 0.3) is 0 Å². The van der Waals surface area contributed by atoms with Gasteiger partial charge in [0.2, 0.25) is 0 Å². The molecule has 0 aliphatic carbocycles. The highest BCUT2D eigenvalue weighted by molar-refractivity contribution is 5.89. The minimum Gasteiger partial charge on any atom is -0.465 e. The number of methoxy groups -OCH3 is 1. The minimum atomic E-state index is -0.650. The van der Waals surface area contributed by atoms with Crippen LogP contribution in [0.25, 0.3) is 0 Å². The van der Waals surface area contributed by atoms with Crippen LogP contribution >= 0.6 is 0 Å². The molecule has 0 spiro atoms. The maximum Gasteiger partial charge on any atom is 0.340 e. The van der Waals surface area contributed by atoms with Crippen LogP contribution in [-0.2, 0) is 16.0 Å². The third kappa shape index (κ3) is 4.25. The van der Waals surface area contributed by atoms with Gasteiger partial charge >= 0.3 is 5.97 Å². The monoisotopic (exact) mass is 295 g/mol. The van der Waals surface area contributed by atoms with Gasteiger partial charge < -0.3 is 14.8 Å². The van der Waals surface area contributed by atoms with Crippen molar-refractivity contribution in [3.8, 4) is 0 Å². The summed E-state index contributed by atoms with van der Waals surface area (Å²) in [7, 11) is 1.24. The van der Waals surface area contributed by atoms with Crippen molar-refractivity contribution < 1.29 is 18.7 Å². The molecule has 1 heterocycles. The Hall–Kier alpha value is -1.46. The zero-order valence-corrected chi connectivity index (χ0v) is 12.5. The van der Waals surface area contributed by atoms with E-state index in [4.69, 9.17) is 4.74 Å². The average molecular weight is 295 g/mol. The number of nitrogens with one attached hydrogen (secondary N) is 1. The van der Waals surface area contributed by atoms with Gasteiger partial charge in [-0.2, -0.15) is 0 Å². The van der Waals surface area contributed by atoms with Gasteiger partial charge in [0.1, 0.15) is 5.82 Å². The Labute approximate surface area is 124 Å². The third-order valence-electron chi connectivity index (χ3n) is 4.04. The lowest BCUT2D eigenvalue weighted by molar-refractivity contribution is 0.0558. The number of benzene rings is 1. The van der Waals surface area contributed by atoms with E-state index in [1.165, 1.54) is 19.2 Å². The Balaban J connectivity index is 1.91. The molecule has 0 bridgehead atoms. The zero-order chi connectivity index (χ0) is 15.2. The molecule has 1 fully saturated rings. The quantitative estimate of drug-likeness (QED) is 0.848. The Morgan fingerprint density at radius 1 is 1.48 bits per heavy atom. The third-order valence-corrected chi connectivity index (χ3v) is 4.04. The van der Waals surface area contributed by atoms with E-state index in [2.05, 4.69) is 17.0 Å². The molecule has 1 unspecified atom stereocenters. The highest BCUT2D eigenvalue weighted by atomic mass is 19.1. The second-order valence-electron chi connectivity index (χ2n) is 5.43. The molecular weight excluding hydrogens is 273 g/mol. The van der Waals surface area contributed by atoms with E-state index < -0.39 is 11.8 Å². The molecule has 1 aromatic carbocycles. The molecule has 1 atom stereocenters. The van der Waals surface area contributed by atoms with Crippen molar-refractivity contribution in [3.05, 3.63) is 35.1 Å². The normalized spacial score (nSPS) is 17.5. The SMILES string of the molecule is COC(=O)c1ccc(CNC(C)C2CCOCC2)cc1F. The first-order chi connectivity index (χ1) is 10.1. The number of hydrogen-bond donors (Lipinski definition) is 1. The topological polar surface area (TPSA) is 47.6 Å². The lowest BCUT2D eigenvalue weighted by atomic mass is 9.93. The van der Waals surface area contributed by atoms with Crippen molar-refractivity contribution in [2.75, 3.05) is 20.3 Å². The molecule has 0 aromatic heterocycles. The molecule has 21 heavy (non-hydrogen) atoms. The molecule has 5 heteroatoms. The van der Waals surface area contributed by atoms with E-state index in [1.807, 2.05) is 0 Å². The Morgan fingerprint density at radius 3 is 2.81 bits per heavy atom. The fraction of sp³-hybridized carbons (Fsp3) is 0.562. The Bertz CT molecular complexity index is 486. The van der Waals surface area contributed by atoms with Gasteiger partial charge in [-0.05, 0) is 43.4 Å². The summed E-state index contributed by atoms with van der Waals surface area (Å²) in [6.45, 7) is 4.37. The summed E-state index contributed by atoms with van der Waals surface area (Å²) in [4.78, 5) is 11.3. The predicted octanol–water partition coefficient (Wildman–Crippen LogP) is 2.52. The molecule has 0 amide bonds. The van der Waals surface area contributed by atoms with Gasteiger partial charge in [-0.15, -0.1) is 0 Å². The van der Waals surface area contributed by atoms with Crippen molar-refractivity contribution in [3.63, 3.8) is 0 Å². The fourth-order valence-electron chi connectivity index (χ4n) is 2.61. The number of carbonyl (C=O) groups excluding carboxylic acids is 1. The summed E-state index contributed by atoms with van der Waals surface area (Å²) in [6, 6.07) is 4.96. The lowest BCUT2D eigenvalue weighted by Crippen LogP contribution is -2.36. The van der Waals surface area contributed by atoms with E-state index in [0.29, 0.717) is 18.5 Å². The highest BCUT2D eigenvalue weighted by Crippen LogP contribution is 2.19. The maximum atomic E-state index is 13.8. The predicted molar refractivity (Wildman–Crippen MR) is 77.6 cm³/mol. The van der Waals surface area contributed by atoms with E-state index >= 15 is 0 Å². The van der Waals surface area contributed by atoms with Crippen molar-refractivity contribution in [2.45, 2.75) is 32.4 Å². The van der Waals surface area contributed by atoms with Crippen LogP contribution in [0.1, 0.15) is 35.7 Å². The van der Waals surface area contributed by atoms with Crippen LogP contribution in [0.5, 0.6) is 0 Å². The number of halogens is 1. The molecule has 2 rings (SSSR count). The van der Waals surface area contributed by atoms with Gasteiger partial charge in [0, 0.05) is 25.8 Å². The number of rotatable bonds is 5. The molecular formula is C16H22FNO3. The maximum absolute atomic E-state index is 13.8. The first-order valence-electron chi connectivity index (χ1n) is 7.29. The number of ether oxygens (including phenoxy) is 2. The molecule has 1 aliphatic heterocycles. The van der Waals surface area contributed by atoms with Gasteiger partial charge in [-0.3, -0.25) is 0 Å². The second-order valence-corrected chi connectivity index (χ2v) is 5.43. The van der Waals surface area contributed by atoms with Gasteiger partial charge in [-0.1, -0.05) is 6.07 Å². The minimum absolute atomic E-state index is 0.0290. The van der Waals surface area contributed by atoms with Gasteiger partial charge in [0.15, 0.2) is 0 Å². The Kier molecular flexibility index (Phi) is 5.70. The van der Waals surface area contributed by atoms with Crippen LogP contribution in [-0.4, -0.2) is 32.3 Å². The van der Waals surface area contributed by atoms with Gasteiger partial charge in [-0.25, -0.2) is 9.18 Å². The summed E-state index contributed by atoms with van der Waals surface area (Å²) in [5.74, 6) is -0.597. The van der Waals surface area contributed by atoms with Crippen molar-refractivity contribution in [1.29, 1.82) is 0 Å². The second kappa shape index (κ2) is 7.52. The van der Waals surface area contributed by atoms with Crippen molar-refractivity contribution in [1.82, 2.24) is 5.32 Å². The molecule has 1 N–H and O–H groups in total. The lowest BCUT2D eigenvalue weighted by Gasteiger charge is -2.28. The van der Waals surface area contributed by atoms with E-state index in [1.54, 1.807) is 6.07 Å². The summed E-state index contributed by atoms with van der Waals surface area (Å²) in [5.41, 5.74) is 0.790. The smallest absolute Gasteiger partial charge is 0.340 e. The standard InChI is InChI=1S/C16H22FNO3/c1-11(13-5-7-21-8-6-13)18-10-12-3-4-14(15(17)9-12)16(19)20-2/h3-4,9,11,13,18H,5-8,10H2,1-2H3. The van der Waals surface area contributed by atoms with Gasteiger partial charge in [0.05, 0.1) is 12.7 Å². The molecule has 1 aliphatic rings. The van der Waals surface area contributed by atoms with Crippen LogP contribution in [0.15, 0.2) is 18.2 Å². The van der Waals surface area contributed by atoms with Crippen LogP contribution in [0.2, 0.25) is 0 Å². The number of esters is 1. The zero-order valence-electron chi connectivity index (χ0n) is 12.5. The van der Waals surface area contributed by atoms with E-state index in [0.717, 1.165) is 31.6 Å².